The highest BCUT2D eigenvalue weighted by atomic mass is 79.9. The number of rotatable bonds is 3. The molecule has 1 aromatic heterocycles. The molecule has 1 N–H and O–H groups in total. The maximum absolute atomic E-state index is 13.7. The first-order chi connectivity index (χ1) is 8.61. The Bertz CT molecular complexity index is 630. The van der Waals surface area contributed by atoms with Gasteiger partial charge in [-0.25, -0.2) is 9.37 Å². The van der Waals surface area contributed by atoms with Crippen molar-refractivity contribution in [3.05, 3.63) is 62.5 Å². The van der Waals surface area contributed by atoms with Crippen molar-refractivity contribution >= 4 is 27.5 Å². The maximum atomic E-state index is 13.7. The SMILES string of the molecule is O=c1[nH]c(Cc2cccc(Cl)c2F)ncc1CBr. The number of aromatic amines is 1. The summed E-state index contributed by atoms with van der Waals surface area (Å²) < 4.78 is 13.7. The lowest BCUT2D eigenvalue weighted by molar-refractivity contribution is 0.612. The fraction of sp³-hybridized carbons (Fsp3) is 0.167. The maximum Gasteiger partial charge on any atom is 0.254 e. The molecule has 0 spiro atoms. The third kappa shape index (κ3) is 2.79. The smallest absolute Gasteiger partial charge is 0.254 e. The van der Waals surface area contributed by atoms with Crippen LogP contribution in [0, 0.1) is 5.82 Å². The van der Waals surface area contributed by atoms with Gasteiger partial charge in [-0.1, -0.05) is 39.7 Å². The van der Waals surface area contributed by atoms with Gasteiger partial charge in [0.05, 0.1) is 5.02 Å². The summed E-state index contributed by atoms with van der Waals surface area (Å²) in [5.41, 5.74) is 0.710. The Morgan fingerprint density at radius 2 is 2.17 bits per heavy atom. The van der Waals surface area contributed by atoms with E-state index in [1.165, 1.54) is 12.3 Å². The topological polar surface area (TPSA) is 45.8 Å². The summed E-state index contributed by atoms with van der Waals surface area (Å²) in [6.45, 7) is 0. The summed E-state index contributed by atoms with van der Waals surface area (Å²) in [7, 11) is 0. The van der Waals surface area contributed by atoms with Gasteiger partial charge in [-0.2, -0.15) is 0 Å². The average Bonchev–Trinajstić information content (AvgIpc) is 2.35. The second kappa shape index (κ2) is 5.63. The van der Waals surface area contributed by atoms with Crippen molar-refractivity contribution in [2.75, 3.05) is 0 Å². The third-order valence-electron chi connectivity index (χ3n) is 2.46. The van der Waals surface area contributed by atoms with Crippen molar-refractivity contribution in [1.29, 1.82) is 0 Å². The van der Waals surface area contributed by atoms with Gasteiger partial charge in [-0.3, -0.25) is 4.79 Å². The van der Waals surface area contributed by atoms with E-state index in [-0.39, 0.29) is 17.0 Å². The lowest BCUT2D eigenvalue weighted by Crippen LogP contribution is -2.15. The largest absolute Gasteiger partial charge is 0.310 e. The minimum Gasteiger partial charge on any atom is -0.310 e. The van der Waals surface area contributed by atoms with Crippen LogP contribution in [0.15, 0.2) is 29.2 Å². The van der Waals surface area contributed by atoms with Crippen LogP contribution in [-0.2, 0) is 11.8 Å². The molecule has 6 heteroatoms. The predicted octanol–water partition coefficient (Wildman–Crippen LogP) is 3.05. The van der Waals surface area contributed by atoms with Crippen LogP contribution >= 0.6 is 27.5 Å². The van der Waals surface area contributed by atoms with Crippen molar-refractivity contribution in [2.24, 2.45) is 0 Å². The molecule has 94 valence electrons. The van der Waals surface area contributed by atoms with Crippen LogP contribution < -0.4 is 5.56 Å². The van der Waals surface area contributed by atoms with Gasteiger partial charge in [0.1, 0.15) is 11.6 Å². The summed E-state index contributed by atoms with van der Waals surface area (Å²) in [5.74, 6) is -0.0720. The quantitative estimate of drug-likeness (QED) is 0.879. The van der Waals surface area contributed by atoms with Gasteiger partial charge in [0.2, 0.25) is 0 Å². The van der Waals surface area contributed by atoms with Gasteiger partial charge in [0.15, 0.2) is 0 Å². The minimum atomic E-state index is -0.480. The molecule has 0 aliphatic heterocycles. The fourth-order valence-corrected chi connectivity index (χ4v) is 2.10. The van der Waals surface area contributed by atoms with E-state index in [0.29, 0.717) is 22.3 Å². The molecule has 1 heterocycles. The first kappa shape index (κ1) is 13.2. The van der Waals surface area contributed by atoms with Crippen molar-refractivity contribution < 1.29 is 4.39 Å². The normalized spacial score (nSPS) is 10.6. The lowest BCUT2D eigenvalue weighted by atomic mass is 10.1. The first-order valence-corrected chi connectivity index (χ1v) is 6.67. The Labute approximate surface area is 116 Å². The molecule has 1 aromatic carbocycles. The summed E-state index contributed by atoms with van der Waals surface area (Å²) >= 11 is 8.87. The van der Waals surface area contributed by atoms with Crippen molar-refractivity contribution in [3.8, 4) is 0 Å². The molecule has 0 aliphatic rings. The molecule has 0 saturated carbocycles. The molecular formula is C12H9BrClFN2O. The third-order valence-corrected chi connectivity index (χ3v) is 3.36. The van der Waals surface area contributed by atoms with E-state index in [4.69, 9.17) is 11.6 Å². The van der Waals surface area contributed by atoms with Crippen LogP contribution in [-0.4, -0.2) is 9.97 Å². The summed E-state index contributed by atoms with van der Waals surface area (Å²) in [5, 5.41) is 0.494. The summed E-state index contributed by atoms with van der Waals surface area (Å²) in [4.78, 5) is 18.3. The number of benzene rings is 1. The number of aromatic nitrogens is 2. The summed E-state index contributed by atoms with van der Waals surface area (Å²) in [6, 6.07) is 4.75. The number of alkyl halides is 1. The highest BCUT2D eigenvalue weighted by molar-refractivity contribution is 9.08. The number of halogens is 3. The zero-order valence-electron chi connectivity index (χ0n) is 9.21. The molecule has 18 heavy (non-hydrogen) atoms. The van der Waals surface area contributed by atoms with E-state index >= 15 is 0 Å². The molecule has 0 unspecified atom stereocenters. The zero-order valence-corrected chi connectivity index (χ0v) is 11.6. The highest BCUT2D eigenvalue weighted by Gasteiger charge is 2.09. The highest BCUT2D eigenvalue weighted by Crippen LogP contribution is 2.19. The van der Waals surface area contributed by atoms with Crippen LogP contribution in [0.4, 0.5) is 4.39 Å². The van der Waals surface area contributed by atoms with E-state index in [1.54, 1.807) is 12.1 Å². The molecule has 2 rings (SSSR count). The Kier molecular flexibility index (Phi) is 4.14. The average molecular weight is 332 g/mol. The standard InChI is InChI=1S/C12H9BrClFN2O/c13-5-8-6-16-10(17-12(8)18)4-7-2-1-3-9(14)11(7)15/h1-3,6H,4-5H2,(H,16,17,18). The Balaban J connectivity index is 2.32. The van der Waals surface area contributed by atoms with E-state index in [2.05, 4.69) is 25.9 Å². The molecule has 2 aromatic rings. The molecule has 0 bridgehead atoms. The van der Waals surface area contributed by atoms with E-state index in [0.717, 1.165) is 0 Å². The second-order valence-corrected chi connectivity index (χ2v) is 4.68. The molecular weight excluding hydrogens is 322 g/mol. The molecule has 0 atom stereocenters. The molecule has 0 fully saturated rings. The number of nitrogens with zero attached hydrogens (tertiary/aromatic N) is 1. The van der Waals surface area contributed by atoms with E-state index < -0.39 is 5.82 Å². The van der Waals surface area contributed by atoms with Crippen LogP contribution in [0.3, 0.4) is 0 Å². The van der Waals surface area contributed by atoms with Gasteiger partial charge < -0.3 is 4.98 Å². The summed E-state index contributed by atoms with van der Waals surface area (Å²) in [6.07, 6.45) is 1.68. The molecule has 0 saturated heterocycles. The predicted molar refractivity (Wildman–Crippen MR) is 71.7 cm³/mol. The van der Waals surface area contributed by atoms with Crippen molar-refractivity contribution in [3.63, 3.8) is 0 Å². The molecule has 0 radical (unpaired) electrons. The first-order valence-electron chi connectivity index (χ1n) is 5.17. The van der Waals surface area contributed by atoms with Crippen LogP contribution in [0.25, 0.3) is 0 Å². The minimum absolute atomic E-state index is 0.0620. The number of H-pyrrole nitrogens is 1. The number of hydrogen-bond acceptors (Lipinski definition) is 2. The van der Waals surface area contributed by atoms with Gasteiger partial charge in [0, 0.05) is 23.5 Å². The fourth-order valence-electron chi connectivity index (χ4n) is 1.51. The molecule has 0 amide bonds. The van der Waals surface area contributed by atoms with Crippen molar-refractivity contribution in [1.82, 2.24) is 9.97 Å². The second-order valence-electron chi connectivity index (χ2n) is 3.71. The van der Waals surface area contributed by atoms with E-state index in [9.17, 15) is 9.18 Å². The lowest BCUT2D eigenvalue weighted by Gasteiger charge is -2.04. The monoisotopic (exact) mass is 330 g/mol. The zero-order chi connectivity index (χ0) is 13.1. The number of nitrogens with one attached hydrogen (secondary N) is 1. The van der Waals surface area contributed by atoms with E-state index in [1.807, 2.05) is 0 Å². The van der Waals surface area contributed by atoms with Crippen molar-refractivity contribution in [2.45, 2.75) is 11.8 Å². The molecule has 3 nitrogen and oxygen atoms in total. The van der Waals surface area contributed by atoms with Crippen LogP contribution in [0.5, 0.6) is 0 Å². The van der Waals surface area contributed by atoms with Gasteiger partial charge >= 0.3 is 0 Å². The van der Waals surface area contributed by atoms with Crippen LogP contribution in [0.1, 0.15) is 17.0 Å². The Morgan fingerprint density at radius 3 is 2.83 bits per heavy atom. The van der Waals surface area contributed by atoms with Crippen LogP contribution in [0.2, 0.25) is 5.02 Å². The number of hydrogen-bond donors (Lipinski definition) is 1. The van der Waals surface area contributed by atoms with Gasteiger partial charge in [-0.05, 0) is 11.6 Å². The van der Waals surface area contributed by atoms with Gasteiger partial charge in [0.25, 0.3) is 5.56 Å². The Hall–Kier alpha value is -1.20. The molecule has 0 aliphatic carbocycles. The van der Waals surface area contributed by atoms with Gasteiger partial charge in [-0.15, -0.1) is 0 Å². The Morgan fingerprint density at radius 1 is 1.39 bits per heavy atom.